The van der Waals surface area contributed by atoms with E-state index in [1.807, 2.05) is 0 Å². The van der Waals surface area contributed by atoms with Crippen LogP contribution in [0.2, 0.25) is 0 Å². The van der Waals surface area contributed by atoms with Gasteiger partial charge in [0.25, 0.3) is 11.4 Å². The van der Waals surface area contributed by atoms with Gasteiger partial charge in [-0.25, -0.2) is 4.79 Å². The van der Waals surface area contributed by atoms with Crippen molar-refractivity contribution in [1.82, 2.24) is 0 Å². The Kier molecular flexibility index (Phi) is 3.28. The van der Waals surface area contributed by atoms with E-state index in [0.29, 0.717) is 5.56 Å². The summed E-state index contributed by atoms with van der Waals surface area (Å²) in [5.41, 5.74) is 0.678. The molecule has 1 aliphatic heterocycles. The molecule has 0 amide bonds. The van der Waals surface area contributed by atoms with Crippen molar-refractivity contribution >= 4 is 23.1 Å². The summed E-state index contributed by atoms with van der Waals surface area (Å²) >= 11 is 0. The molecule has 1 aliphatic rings. The molecule has 0 radical (unpaired) electrons. The lowest BCUT2D eigenvalue weighted by atomic mass is 10.0. The maximum absolute atomic E-state index is 11.8. The first-order valence-corrected chi connectivity index (χ1v) is 5.49. The minimum Gasteiger partial charge on any atom is -0.561 e. The molecular weight excluding hydrogens is 250 g/mol. The van der Waals surface area contributed by atoms with Gasteiger partial charge < -0.3 is 15.3 Å². The molecule has 0 N–H and O–H groups in total. The average Bonchev–Trinajstić information content (AvgIpc) is 2.61. The van der Waals surface area contributed by atoms with Crippen LogP contribution in [0.4, 0.5) is 0 Å². The SMILES string of the molecule is CC(=O)O/N=C1/C(C)=[N+]([O-])[N+]([O-])=C1c1ccccc1. The second kappa shape index (κ2) is 4.89. The Morgan fingerprint density at radius 3 is 2.42 bits per heavy atom. The van der Waals surface area contributed by atoms with Gasteiger partial charge in [0.1, 0.15) is 0 Å². The number of rotatable bonds is 2. The van der Waals surface area contributed by atoms with Gasteiger partial charge >= 0.3 is 11.7 Å². The summed E-state index contributed by atoms with van der Waals surface area (Å²) in [5.74, 6) is -0.630. The van der Waals surface area contributed by atoms with Gasteiger partial charge in [-0.15, -0.1) is 0 Å². The number of carbonyl (C=O) groups excluding carboxylic acids is 1. The molecule has 19 heavy (non-hydrogen) atoms. The van der Waals surface area contributed by atoms with Crippen molar-refractivity contribution in [3.63, 3.8) is 0 Å². The van der Waals surface area contributed by atoms with Gasteiger partial charge in [-0.05, 0) is 12.1 Å². The molecule has 0 aromatic heterocycles. The van der Waals surface area contributed by atoms with Crippen molar-refractivity contribution in [2.24, 2.45) is 5.16 Å². The van der Waals surface area contributed by atoms with E-state index in [0.717, 1.165) is 0 Å². The topological polar surface area (TPSA) is 90.8 Å². The zero-order valence-corrected chi connectivity index (χ0v) is 10.4. The molecule has 0 bridgehead atoms. The number of hydrazone groups is 2. The predicted octanol–water partition coefficient (Wildman–Crippen LogP) is 0.805. The van der Waals surface area contributed by atoms with Crippen molar-refractivity contribution in [3.05, 3.63) is 46.3 Å². The fourth-order valence-corrected chi connectivity index (χ4v) is 1.64. The monoisotopic (exact) mass is 261 g/mol. The standard InChI is InChI=1S/C12H11N3O4/c1-8-11(13-19-9(2)16)12(15(18)14(8)17)10-6-4-3-5-7-10/h3-7H,1-2H3/b13-11-. The molecule has 0 fully saturated rings. The van der Waals surface area contributed by atoms with Gasteiger partial charge in [0, 0.05) is 13.8 Å². The largest absolute Gasteiger partial charge is 0.561 e. The maximum atomic E-state index is 11.8. The molecule has 1 aromatic carbocycles. The first-order chi connectivity index (χ1) is 9.02. The Labute approximate surface area is 108 Å². The van der Waals surface area contributed by atoms with Crippen LogP contribution in [0.1, 0.15) is 19.4 Å². The van der Waals surface area contributed by atoms with Crippen molar-refractivity contribution in [1.29, 1.82) is 0 Å². The van der Waals surface area contributed by atoms with Gasteiger partial charge in [0.2, 0.25) is 0 Å². The van der Waals surface area contributed by atoms with E-state index < -0.39 is 5.97 Å². The van der Waals surface area contributed by atoms with E-state index >= 15 is 0 Å². The molecule has 0 atom stereocenters. The minimum atomic E-state index is -0.630. The molecule has 0 aliphatic carbocycles. The molecule has 0 saturated carbocycles. The summed E-state index contributed by atoms with van der Waals surface area (Å²) in [7, 11) is 0. The van der Waals surface area contributed by atoms with Crippen LogP contribution in [-0.2, 0) is 9.63 Å². The van der Waals surface area contributed by atoms with Crippen molar-refractivity contribution in [3.8, 4) is 0 Å². The second-order valence-electron chi connectivity index (χ2n) is 3.87. The fourth-order valence-electron chi connectivity index (χ4n) is 1.64. The third-order valence-corrected chi connectivity index (χ3v) is 2.52. The van der Waals surface area contributed by atoms with E-state index in [2.05, 4.69) is 9.99 Å². The summed E-state index contributed by atoms with van der Waals surface area (Å²) in [6.07, 6.45) is 0. The van der Waals surface area contributed by atoms with Gasteiger partial charge in [-0.3, -0.25) is 0 Å². The Balaban J connectivity index is 2.52. The van der Waals surface area contributed by atoms with Crippen molar-refractivity contribution in [2.45, 2.75) is 13.8 Å². The van der Waals surface area contributed by atoms with Crippen molar-refractivity contribution < 1.29 is 19.3 Å². The lowest BCUT2D eigenvalue weighted by molar-refractivity contribution is -1.05. The molecular formula is C12H11N3O4. The highest BCUT2D eigenvalue weighted by Crippen LogP contribution is 2.10. The number of nitrogens with zero attached hydrogens (tertiary/aromatic N) is 3. The Hall–Kier alpha value is -2.70. The van der Waals surface area contributed by atoms with Crippen LogP contribution in [0.5, 0.6) is 0 Å². The molecule has 0 spiro atoms. The van der Waals surface area contributed by atoms with Crippen LogP contribution in [0, 0.1) is 10.4 Å². The van der Waals surface area contributed by atoms with Crippen LogP contribution in [0.15, 0.2) is 35.5 Å². The average molecular weight is 261 g/mol. The number of carbonyl (C=O) groups is 1. The van der Waals surface area contributed by atoms with Gasteiger partial charge in [0.15, 0.2) is 0 Å². The summed E-state index contributed by atoms with van der Waals surface area (Å²) in [6.45, 7) is 2.61. The number of hydrogen-bond acceptors (Lipinski definition) is 5. The molecule has 1 aromatic rings. The number of benzene rings is 1. The smallest absolute Gasteiger partial charge is 0.332 e. The molecule has 7 heteroatoms. The highest BCUT2D eigenvalue weighted by molar-refractivity contribution is 6.69. The Morgan fingerprint density at radius 2 is 1.84 bits per heavy atom. The lowest BCUT2D eigenvalue weighted by Crippen LogP contribution is -2.22. The molecule has 7 nitrogen and oxygen atoms in total. The van der Waals surface area contributed by atoms with Crippen molar-refractivity contribution in [2.75, 3.05) is 0 Å². The predicted molar refractivity (Wildman–Crippen MR) is 67.7 cm³/mol. The molecule has 0 saturated heterocycles. The van der Waals surface area contributed by atoms with E-state index in [1.54, 1.807) is 30.3 Å². The molecule has 2 rings (SSSR count). The van der Waals surface area contributed by atoms with E-state index in [9.17, 15) is 15.2 Å². The summed E-state index contributed by atoms with van der Waals surface area (Å²) in [6, 6.07) is 8.55. The summed E-state index contributed by atoms with van der Waals surface area (Å²) in [5, 5.41) is 27.0. The highest BCUT2D eigenvalue weighted by atomic mass is 16.7. The lowest BCUT2D eigenvalue weighted by Gasteiger charge is -1.98. The summed E-state index contributed by atoms with van der Waals surface area (Å²) < 4.78 is 0. The van der Waals surface area contributed by atoms with Crippen LogP contribution in [0.25, 0.3) is 0 Å². The Morgan fingerprint density at radius 1 is 1.21 bits per heavy atom. The van der Waals surface area contributed by atoms with Gasteiger partial charge in [0.05, 0.1) is 15.3 Å². The summed E-state index contributed by atoms with van der Waals surface area (Å²) in [4.78, 5) is 15.6. The number of hydrogen-bond donors (Lipinski definition) is 0. The zero-order valence-electron chi connectivity index (χ0n) is 10.4. The second-order valence-corrected chi connectivity index (χ2v) is 3.87. The van der Waals surface area contributed by atoms with Crippen LogP contribution in [-0.4, -0.2) is 32.8 Å². The third-order valence-electron chi connectivity index (χ3n) is 2.52. The quantitative estimate of drug-likeness (QED) is 0.341. The van der Waals surface area contributed by atoms with Crippen LogP contribution < -0.4 is 0 Å². The highest BCUT2D eigenvalue weighted by Gasteiger charge is 2.41. The molecule has 98 valence electrons. The van der Waals surface area contributed by atoms with E-state index in [-0.39, 0.29) is 26.8 Å². The Bertz CT molecular complexity index is 617. The van der Waals surface area contributed by atoms with Crippen LogP contribution >= 0.6 is 0 Å². The van der Waals surface area contributed by atoms with Crippen LogP contribution in [0.3, 0.4) is 0 Å². The zero-order chi connectivity index (χ0) is 14.0. The molecule has 1 heterocycles. The minimum absolute atomic E-state index is 0.0476. The third kappa shape index (κ3) is 2.30. The van der Waals surface area contributed by atoms with Gasteiger partial charge in [-0.1, -0.05) is 23.4 Å². The first kappa shape index (κ1) is 12.7. The van der Waals surface area contributed by atoms with E-state index in [4.69, 9.17) is 0 Å². The normalized spacial score (nSPS) is 17.3. The number of hydrazine groups is 1. The fraction of sp³-hybridized carbons (Fsp3) is 0.167. The first-order valence-electron chi connectivity index (χ1n) is 5.49. The van der Waals surface area contributed by atoms with E-state index in [1.165, 1.54) is 13.8 Å². The number of oxime groups is 1. The maximum Gasteiger partial charge on any atom is 0.332 e. The van der Waals surface area contributed by atoms with Gasteiger partial charge in [-0.2, -0.15) is 0 Å². The molecule has 0 unspecified atom stereocenters.